The SMILES string of the molecule is CN(C(=O)OCC1c2ccccc2-c2ccccc21)C(C)(C(=O)O)c1cc(O)cc(O)c1. The lowest BCUT2D eigenvalue weighted by Gasteiger charge is -2.35. The minimum absolute atomic E-state index is 0.0399. The fraction of sp³-hybridized carbons (Fsp3) is 0.200. The fourth-order valence-corrected chi connectivity index (χ4v) is 4.21. The first kappa shape index (κ1) is 21.2. The van der Waals surface area contributed by atoms with Crippen LogP contribution in [0.15, 0.2) is 66.7 Å². The molecule has 7 nitrogen and oxygen atoms in total. The summed E-state index contributed by atoms with van der Waals surface area (Å²) in [7, 11) is 1.31. The Hall–Kier alpha value is -4.00. The summed E-state index contributed by atoms with van der Waals surface area (Å²) >= 11 is 0. The number of amides is 1. The quantitative estimate of drug-likeness (QED) is 0.554. The van der Waals surface area contributed by atoms with Crippen molar-refractivity contribution >= 4 is 12.1 Å². The number of hydrogen-bond acceptors (Lipinski definition) is 5. The first-order chi connectivity index (χ1) is 15.2. The smallest absolute Gasteiger partial charge is 0.410 e. The molecule has 1 aliphatic rings. The molecule has 0 aliphatic heterocycles. The number of phenolic OH excluding ortho intramolecular Hbond substituents is 2. The summed E-state index contributed by atoms with van der Waals surface area (Å²) in [6.45, 7) is 1.35. The van der Waals surface area contributed by atoms with Crippen molar-refractivity contribution in [3.63, 3.8) is 0 Å². The molecule has 0 radical (unpaired) electrons. The second-order valence-electron chi connectivity index (χ2n) is 7.98. The first-order valence-electron chi connectivity index (χ1n) is 10.1. The summed E-state index contributed by atoms with van der Waals surface area (Å²) in [5.74, 6) is -2.12. The average molecular weight is 433 g/mol. The zero-order valence-electron chi connectivity index (χ0n) is 17.6. The van der Waals surface area contributed by atoms with Crippen molar-refractivity contribution in [2.45, 2.75) is 18.4 Å². The molecule has 0 saturated carbocycles. The number of carbonyl (C=O) groups is 2. The van der Waals surface area contributed by atoms with Crippen molar-refractivity contribution in [1.29, 1.82) is 0 Å². The molecular weight excluding hydrogens is 410 g/mol. The number of carboxylic acid groups (broad SMARTS) is 1. The summed E-state index contributed by atoms with van der Waals surface area (Å²) in [6, 6.07) is 19.3. The Morgan fingerprint density at radius 1 is 0.938 bits per heavy atom. The highest BCUT2D eigenvalue weighted by atomic mass is 16.6. The van der Waals surface area contributed by atoms with Gasteiger partial charge in [-0.3, -0.25) is 4.90 Å². The summed E-state index contributed by atoms with van der Waals surface area (Å²) < 4.78 is 5.58. The minimum Gasteiger partial charge on any atom is -0.508 e. The van der Waals surface area contributed by atoms with Gasteiger partial charge in [0.05, 0.1) is 0 Å². The summed E-state index contributed by atoms with van der Waals surface area (Å²) in [5, 5.41) is 29.5. The number of carboxylic acids is 1. The maximum atomic E-state index is 12.9. The topological polar surface area (TPSA) is 107 Å². The average Bonchev–Trinajstić information content (AvgIpc) is 3.09. The van der Waals surface area contributed by atoms with Crippen molar-refractivity contribution in [1.82, 2.24) is 4.90 Å². The van der Waals surface area contributed by atoms with Gasteiger partial charge in [0.15, 0.2) is 5.54 Å². The number of carbonyl (C=O) groups excluding carboxylic acids is 1. The highest BCUT2D eigenvalue weighted by Gasteiger charge is 2.44. The van der Waals surface area contributed by atoms with Crippen molar-refractivity contribution in [2.24, 2.45) is 0 Å². The van der Waals surface area contributed by atoms with Crippen LogP contribution in [-0.2, 0) is 15.1 Å². The van der Waals surface area contributed by atoms with E-state index in [2.05, 4.69) is 0 Å². The Labute approximate surface area is 185 Å². The van der Waals surface area contributed by atoms with E-state index in [1.165, 1.54) is 26.1 Å². The molecule has 3 N–H and O–H groups in total. The van der Waals surface area contributed by atoms with E-state index in [0.29, 0.717) is 0 Å². The molecule has 164 valence electrons. The van der Waals surface area contributed by atoms with Crippen LogP contribution in [0.2, 0.25) is 0 Å². The van der Waals surface area contributed by atoms with Gasteiger partial charge < -0.3 is 20.1 Å². The number of nitrogens with zero attached hydrogens (tertiary/aromatic N) is 1. The molecule has 0 fully saturated rings. The molecule has 0 heterocycles. The second kappa shape index (κ2) is 7.92. The molecule has 1 atom stereocenters. The Morgan fingerprint density at radius 2 is 1.44 bits per heavy atom. The molecule has 3 aromatic rings. The van der Waals surface area contributed by atoms with Crippen molar-refractivity contribution < 1.29 is 29.6 Å². The van der Waals surface area contributed by atoms with Gasteiger partial charge >= 0.3 is 12.1 Å². The van der Waals surface area contributed by atoms with Gasteiger partial charge in [0.1, 0.15) is 18.1 Å². The Balaban J connectivity index is 1.59. The van der Waals surface area contributed by atoms with Gasteiger partial charge in [-0.1, -0.05) is 48.5 Å². The normalized spacial score (nSPS) is 14.2. The lowest BCUT2D eigenvalue weighted by molar-refractivity contribution is -0.149. The summed E-state index contributed by atoms with van der Waals surface area (Å²) in [4.78, 5) is 26.1. The number of phenols is 2. The maximum Gasteiger partial charge on any atom is 0.410 e. The number of benzene rings is 3. The largest absolute Gasteiger partial charge is 0.508 e. The van der Waals surface area contributed by atoms with Gasteiger partial charge in [-0.25, -0.2) is 9.59 Å². The van der Waals surface area contributed by atoms with E-state index < -0.39 is 17.6 Å². The van der Waals surface area contributed by atoms with Gasteiger partial charge in [-0.15, -0.1) is 0 Å². The third kappa shape index (κ3) is 3.41. The number of rotatable bonds is 5. The van der Waals surface area contributed by atoms with E-state index >= 15 is 0 Å². The third-order valence-corrected chi connectivity index (χ3v) is 6.16. The molecule has 0 aromatic heterocycles. The summed E-state index contributed by atoms with van der Waals surface area (Å²) in [6.07, 6.45) is -0.834. The number of likely N-dealkylation sites (N-methyl/N-ethyl adjacent to an activating group) is 1. The molecule has 7 heteroatoms. The van der Waals surface area contributed by atoms with Crippen LogP contribution in [0.25, 0.3) is 11.1 Å². The predicted molar refractivity (Wildman–Crippen MR) is 118 cm³/mol. The third-order valence-electron chi connectivity index (χ3n) is 6.16. The van der Waals surface area contributed by atoms with Crippen molar-refractivity contribution in [3.8, 4) is 22.6 Å². The van der Waals surface area contributed by atoms with Crippen molar-refractivity contribution in [2.75, 3.05) is 13.7 Å². The maximum absolute atomic E-state index is 12.9. The van der Waals surface area contributed by atoms with Crippen LogP contribution in [0.1, 0.15) is 29.5 Å². The van der Waals surface area contributed by atoms with E-state index in [4.69, 9.17) is 4.74 Å². The van der Waals surface area contributed by atoms with E-state index in [1.807, 2.05) is 48.5 Å². The zero-order valence-corrected chi connectivity index (χ0v) is 17.6. The summed E-state index contributed by atoms with van der Waals surface area (Å²) in [5.41, 5.74) is 2.43. The van der Waals surface area contributed by atoms with E-state index in [0.717, 1.165) is 33.2 Å². The Morgan fingerprint density at radius 3 is 1.94 bits per heavy atom. The predicted octanol–water partition coefficient (Wildman–Crippen LogP) is 4.28. The van der Waals surface area contributed by atoms with Crippen LogP contribution in [-0.4, -0.2) is 45.9 Å². The number of fused-ring (bicyclic) bond motifs is 3. The lowest BCUT2D eigenvalue weighted by atomic mass is 9.90. The van der Waals surface area contributed by atoms with Crippen LogP contribution in [0.4, 0.5) is 4.79 Å². The van der Waals surface area contributed by atoms with Crippen LogP contribution < -0.4 is 0 Å². The minimum atomic E-state index is -1.88. The number of ether oxygens (including phenoxy) is 1. The molecule has 3 aromatic carbocycles. The van der Waals surface area contributed by atoms with Crippen LogP contribution in [0, 0.1) is 0 Å². The Kier molecular flexibility index (Phi) is 5.26. The molecule has 0 saturated heterocycles. The van der Waals surface area contributed by atoms with Crippen molar-refractivity contribution in [3.05, 3.63) is 83.4 Å². The van der Waals surface area contributed by atoms with Crippen LogP contribution in [0.5, 0.6) is 11.5 Å². The van der Waals surface area contributed by atoms with Gasteiger partial charge in [-0.05, 0) is 46.9 Å². The number of aromatic hydroxyl groups is 2. The van der Waals surface area contributed by atoms with Gasteiger partial charge in [0, 0.05) is 19.0 Å². The number of hydrogen-bond donors (Lipinski definition) is 3. The molecule has 32 heavy (non-hydrogen) atoms. The fourth-order valence-electron chi connectivity index (χ4n) is 4.21. The first-order valence-corrected chi connectivity index (χ1v) is 10.1. The zero-order chi connectivity index (χ0) is 23.0. The van der Waals surface area contributed by atoms with Gasteiger partial charge in [0.2, 0.25) is 0 Å². The molecule has 4 rings (SSSR count). The lowest BCUT2D eigenvalue weighted by Crippen LogP contribution is -2.51. The molecule has 1 amide bonds. The monoisotopic (exact) mass is 433 g/mol. The Bertz CT molecular complexity index is 1140. The molecule has 0 bridgehead atoms. The van der Waals surface area contributed by atoms with Gasteiger partial charge in [-0.2, -0.15) is 0 Å². The van der Waals surface area contributed by atoms with E-state index in [9.17, 15) is 24.9 Å². The molecule has 1 aliphatic carbocycles. The molecular formula is C25H23NO6. The standard InChI is InChI=1S/C25H23NO6/c1-25(23(29)30,15-11-16(27)13-17(28)12-15)26(2)24(31)32-14-22-20-9-5-3-7-18(20)19-8-4-6-10-21(19)22/h3-13,22,27-28H,14H2,1-2H3,(H,29,30). The van der Waals surface area contributed by atoms with E-state index in [1.54, 1.807) is 0 Å². The number of aliphatic carboxylic acids is 1. The second-order valence-corrected chi connectivity index (χ2v) is 7.98. The molecule has 1 unspecified atom stereocenters. The van der Waals surface area contributed by atoms with Crippen LogP contribution in [0.3, 0.4) is 0 Å². The highest BCUT2D eigenvalue weighted by Crippen LogP contribution is 2.44. The van der Waals surface area contributed by atoms with E-state index in [-0.39, 0.29) is 29.6 Å². The highest BCUT2D eigenvalue weighted by molar-refractivity contribution is 5.86. The van der Waals surface area contributed by atoms with Crippen LogP contribution >= 0.6 is 0 Å². The van der Waals surface area contributed by atoms with Gasteiger partial charge in [0.25, 0.3) is 0 Å². The molecule has 0 spiro atoms.